The normalized spacial score (nSPS) is 10.9. The molecule has 0 spiro atoms. The Morgan fingerprint density at radius 3 is 2.24 bits per heavy atom. The van der Waals surface area contributed by atoms with Crippen molar-refractivity contribution in [2.45, 2.75) is 13.5 Å². The lowest BCUT2D eigenvalue weighted by Crippen LogP contribution is -1.99. The van der Waals surface area contributed by atoms with Crippen molar-refractivity contribution in [3.63, 3.8) is 0 Å². The molecule has 33 heavy (non-hydrogen) atoms. The summed E-state index contributed by atoms with van der Waals surface area (Å²) in [4.78, 5) is 4.54. The molecule has 0 fully saturated rings. The maximum absolute atomic E-state index is 6.50. The van der Waals surface area contributed by atoms with E-state index in [1.54, 1.807) is 13.3 Å². The van der Waals surface area contributed by atoms with Gasteiger partial charge in [-0.05, 0) is 66.6 Å². The Balaban J connectivity index is 1.44. The van der Waals surface area contributed by atoms with Gasteiger partial charge in [0.05, 0.1) is 17.8 Å². The topological polar surface area (TPSA) is 40.0 Å². The smallest absolute Gasteiger partial charge is 0.180 e. The minimum atomic E-state index is 0.404. The van der Waals surface area contributed by atoms with Gasteiger partial charge in [-0.3, -0.25) is 4.99 Å². The van der Waals surface area contributed by atoms with Gasteiger partial charge < -0.3 is 14.2 Å². The Kier molecular flexibility index (Phi) is 7.28. The van der Waals surface area contributed by atoms with E-state index in [1.807, 2.05) is 78.9 Å². The fourth-order valence-electron chi connectivity index (χ4n) is 3.17. The number of ether oxygens (including phenoxy) is 3. The minimum absolute atomic E-state index is 0.404. The molecule has 0 amide bonds. The molecule has 0 saturated carbocycles. The summed E-state index contributed by atoms with van der Waals surface area (Å²) in [5.41, 5.74) is 3.87. The van der Waals surface area contributed by atoms with Gasteiger partial charge in [0.2, 0.25) is 0 Å². The number of hydrogen-bond acceptors (Lipinski definition) is 4. The van der Waals surface area contributed by atoms with Gasteiger partial charge in [0.1, 0.15) is 18.1 Å². The molecule has 0 aliphatic carbocycles. The molecule has 0 radical (unpaired) electrons. The Morgan fingerprint density at radius 2 is 1.55 bits per heavy atom. The first kappa shape index (κ1) is 22.4. The molecule has 5 heteroatoms. The number of aliphatic imine (C=N–C) groups is 1. The number of nitrogens with zero attached hydrogens (tertiary/aromatic N) is 1. The van der Waals surface area contributed by atoms with E-state index >= 15 is 0 Å². The molecule has 0 bridgehead atoms. The Morgan fingerprint density at radius 1 is 0.848 bits per heavy atom. The second-order valence-corrected chi connectivity index (χ2v) is 7.88. The van der Waals surface area contributed by atoms with Gasteiger partial charge in [0.15, 0.2) is 11.5 Å². The van der Waals surface area contributed by atoms with Gasteiger partial charge in [-0.25, -0.2) is 0 Å². The van der Waals surface area contributed by atoms with Crippen molar-refractivity contribution in [2.75, 3.05) is 7.11 Å². The third-order valence-electron chi connectivity index (χ3n) is 4.93. The minimum Gasteiger partial charge on any atom is -0.493 e. The fraction of sp³-hybridized carbons (Fsp3) is 0.107. The van der Waals surface area contributed by atoms with Crippen molar-refractivity contribution < 1.29 is 14.2 Å². The summed E-state index contributed by atoms with van der Waals surface area (Å²) < 4.78 is 17.3. The van der Waals surface area contributed by atoms with E-state index in [1.165, 1.54) is 5.56 Å². The highest BCUT2D eigenvalue weighted by Gasteiger charge is 2.12. The first-order chi connectivity index (χ1) is 16.1. The van der Waals surface area contributed by atoms with Crippen LogP contribution in [0.5, 0.6) is 23.0 Å². The second-order valence-electron chi connectivity index (χ2n) is 7.48. The predicted molar refractivity (Wildman–Crippen MR) is 134 cm³/mol. The quantitative estimate of drug-likeness (QED) is 0.253. The summed E-state index contributed by atoms with van der Waals surface area (Å²) in [5, 5.41) is 0.467. The van der Waals surface area contributed by atoms with Crippen molar-refractivity contribution in [1.82, 2.24) is 0 Å². The van der Waals surface area contributed by atoms with Crippen LogP contribution < -0.4 is 14.2 Å². The molecule has 4 nitrogen and oxygen atoms in total. The summed E-state index contributed by atoms with van der Waals surface area (Å²) >= 11 is 6.50. The Labute approximate surface area is 199 Å². The summed E-state index contributed by atoms with van der Waals surface area (Å²) in [6, 6.07) is 29.1. The van der Waals surface area contributed by atoms with Crippen LogP contribution >= 0.6 is 11.6 Å². The van der Waals surface area contributed by atoms with Gasteiger partial charge in [-0.1, -0.05) is 59.6 Å². The lowest BCUT2D eigenvalue weighted by molar-refractivity contribution is 0.284. The lowest BCUT2D eigenvalue weighted by atomic mass is 10.1. The molecule has 0 aliphatic rings. The maximum atomic E-state index is 6.50. The predicted octanol–water partition coefficient (Wildman–Crippen LogP) is 7.78. The second kappa shape index (κ2) is 10.7. The van der Waals surface area contributed by atoms with Gasteiger partial charge in [0, 0.05) is 6.21 Å². The zero-order valence-corrected chi connectivity index (χ0v) is 19.3. The van der Waals surface area contributed by atoms with Crippen molar-refractivity contribution in [2.24, 2.45) is 4.99 Å². The van der Waals surface area contributed by atoms with Crippen LogP contribution in [0, 0.1) is 6.92 Å². The molecule has 0 saturated heterocycles. The number of halogens is 1. The van der Waals surface area contributed by atoms with Crippen molar-refractivity contribution >= 4 is 23.5 Å². The van der Waals surface area contributed by atoms with Gasteiger partial charge in [-0.15, -0.1) is 0 Å². The largest absolute Gasteiger partial charge is 0.493 e. The maximum Gasteiger partial charge on any atom is 0.180 e. The van der Waals surface area contributed by atoms with E-state index < -0.39 is 0 Å². The Bertz CT molecular complexity index is 1220. The summed E-state index contributed by atoms with van der Waals surface area (Å²) in [5.74, 6) is 2.61. The fourth-order valence-corrected chi connectivity index (χ4v) is 3.44. The average molecular weight is 458 g/mol. The number of benzene rings is 4. The van der Waals surface area contributed by atoms with Crippen LogP contribution in [0.1, 0.15) is 16.7 Å². The molecular weight excluding hydrogens is 434 g/mol. The number of rotatable bonds is 8. The third kappa shape index (κ3) is 6.15. The number of hydrogen-bond donors (Lipinski definition) is 0. The number of methoxy groups -OCH3 is 1. The lowest BCUT2D eigenvalue weighted by Gasteiger charge is -2.13. The highest BCUT2D eigenvalue weighted by Crippen LogP contribution is 2.37. The van der Waals surface area contributed by atoms with Crippen LogP contribution in [0.3, 0.4) is 0 Å². The summed E-state index contributed by atoms with van der Waals surface area (Å²) in [6.45, 7) is 2.46. The zero-order chi connectivity index (χ0) is 23.0. The van der Waals surface area contributed by atoms with Crippen LogP contribution in [-0.4, -0.2) is 13.3 Å². The molecule has 0 atom stereocenters. The first-order valence-corrected chi connectivity index (χ1v) is 10.9. The molecule has 166 valence electrons. The molecule has 0 aromatic heterocycles. The van der Waals surface area contributed by atoms with E-state index in [0.29, 0.717) is 23.1 Å². The molecule has 4 aromatic carbocycles. The molecule has 0 heterocycles. The SMILES string of the molecule is COc1cc(C=Nc2ccc(Oc3ccccc3)cc2)cc(Cl)c1OCc1ccc(C)cc1. The standard InChI is InChI=1S/C28H24ClNO3/c1-20-8-10-21(11-9-20)19-32-28-26(29)16-22(17-27(28)31-2)18-30-23-12-14-25(15-13-23)33-24-6-4-3-5-7-24/h3-18H,19H2,1-2H3. The van der Waals surface area contributed by atoms with E-state index in [9.17, 15) is 0 Å². The van der Waals surface area contributed by atoms with Crippen LogP contribution in [-0.2, 0) is 6.61 Å². The zero-order valence-electron chi connectivity index (χ0n) is 18.5. The van der Waals surface area contributed by atoms with Crippen LogP contribution in [0.25, 0.3) is 0 Å². The van der Waals surface area contributed by atoms with E-state index in [4.69, 9.17) is 25.8 Å². The molecule has 4 rings (SSSR count). The molecule has 4 aromatic rings. The van der Waals surface area contributed by atoms with Gasteiger partial charge >= 0.3 is 0 Å². The highest BCUT2D eigenvalue weighted by molar-refractivity contribution is 6.32. The molecule has 0 aliphatic heterocycles. The van der Waals surface area contributed by atoms with Crippen molar-refractivity contribution in [3.05, 3.63) is 113 Å². The third-order valence-corrected chi connectivity index (χ3v) is 5.21. The number of aryl methyl sites for hydroxylation is 1. The summed E-state index contributed by atoms with van der Waals surface area (Å²) in [6.07, 6.45) is 1.74. The van der Waals surface area contributed by atoms with Crippen molar-refractivity contribution in [1.29, 1.82) is 0 Å². The summed E-state index contributed by atoms with van der Waals surface area (Å²) in [7, 11) is 1.59. The molecular formula is C28H24ClNO3. The Hall–Kier alpha value is -3.76. The molecule has 0 N–H and O–H groups in total. The van der Waals surface area contributed by atoms with Crippen LogP contribution in [0.4, 0.5) is 5.69 Å². The molecule has 0 unspecified atom stereocenters. The van der Waals surface area contributed by atoms with E-state index in [0.717, 1.165) is 28.3 Å². The number of para-hydroxylation sites is 1. The van der Waals surface area contributed by atoms with Crippen LogP contribution in [0.2, 0.25) is 5.02 Å². The monoisotopic (exact) mass is 457 g/mol. The van der Waals surface area contributed by atoms with Gasteiger partial charge in [-0.2, -0.15) is 0 Å². The van der Waals surface area contributed by atoms with E-state index in [-0.39, 0.29) is 0 Å². The van der Waals surface area contributed by atoms with Crippen LogP contribution in [0.15, 0.2) is 96.0 Å². The highest BCUT2D eigenvalue weighted by atomic mass is 35.5. The van der Waals surface area contributed by atoms with Gasteiger partial charge in [0.25, 0.3) is 0 Å². The van der Waals surface area contributed by atoms with E-state index in [2.05, 4.69) is 24.0 Å². The first-order valence-electron chi connectivity index (χ1n) is 10.5. The average Bonchev–Trinajstić information content (AvgIpc) is 2.84. The van der Waals surface area contributed by atoms with Crippen molar-refractivity contribution in [3.8, 4) is 23.0 Å².